The summed E-state index contributed by atoms with van der Waals surface area (Å²) in [5.41, 5.74) is 4.38. The zero-order valence-electron chi connectivity index (χ0n) is 23.8. The van der Waals surface area contributed by atoms with Crippen LogP contribution in [0.15, 0.2) is 30.6 Å². The van der Waals surface area contributed by atoms with Gasteiger partial charge in [0.15, 0.2) is 17.4 Å². The maximum absolute atomic E-state index is 14.0. The van der Waals surface area contributed by atoms with Crippen LogP contribution in [0.3, 0.4) is 0 Å². The molecular formula is C26H34ClN6O9P. The highest BCUT2D eigenvalue weighted by Gasteiger charge is 2.54. The van der Waals surface area contributed by atoms with E-state index in [9.17, 15) is 19.6 Å². The number of nitrogens with two attached hydrogens (primary N) is 1. The summed E-state index contributed by atoms with van der Waals surface area (Å²) in [6.07, 6.45) is 0.668. The number of methoxy groups -OCH3 is 1. The van der Waals surface area contributed by atoms with Crippen molar-refractivity contribution >= 4 is 42.4 Å². The molecule has 17 heteroatoms. The van der Waals surface area contributed by atoms with Gasteiger partial charge in [-0.05, 0) is 63.8 Å². The monoisotopic (exact) mass is 640 g/mol. The summed E-state index contributed by atoms with van der Waals surface area (Å²) in [6, 6.07) is 4.96. The van der Waals surface area contributed by atoms with Gasteiger partial charge in [0.05, 0.1) is 20.0 Å². The maximum Gasteiger partial charge on any atom is 0.459 e. The van der Waals surface area contributed by atoms with E-state index in [0.29, 0.717) is 5.02 Å². The molecule has 15 nitrogen and oxygen atoms in total. The number of hydrogen-bond acceptors (Lipinski definition) is 13. The lowest BCUT2D eigenvalue weighted by molar-refractivity contribution is -0.150. The number of halogens is 1. The number of carbonyl (C=O) groups excluding carboxylic acids is 1. The second kappa shape index (κ2) is 12.5. The van der Waals surface area contributed by atoms with Gasteiger partial charge in [0.1, 0.15) is 35.7 Å². The Bertz CT molecular complexity index is 1500. The Labute approximate surface area is 252 Å². The van der Waals surface area contributed by atoms with Crippen LogP contribution in [-0.4, -0.2) is 79.4 Å². The summed E-state index contributed by atoms with van der Waals surface area (Å²) in [5, 5.41) is 25.4. The van der Waals surface area contributed by atoms with E-state index in [1.165, 1.54) is 56.1 Å². The summed E-state index contributed by atoms with van der Waals surface area (Å²) < 4.78 is 43.5. The van der Waals surface area contributed by atoms with Crippen molar-refractivity contribution in [1.82, 2.24) is 24.6 Å². The summed E-state index contributed by atoms with van der Waals surface area (Å²) in [4.78, 5) is 25.2. The summed E-state index contributed by atoms with van der Waals surface area (Å²) >= 11 is 5.97. The Morgan fingerprint density at radius 3 is 2.67 bits per heavy atom. The predicted octanol–water partition coefficient (Wildman–Crippen LogP) is 2.75. The number of imidazole rings is 1. The third-order valence-electron chi connectivity index (χ3n) is 7.35. The SMILES string of the molecule is COc1nc(N)nc2c1ncn2C1OC(COP(=O)(NC(C)C(=O)OC2CCCC2)Oc2ccc(Cl)cc2)[C@@H](O)[C@@]1(C)O. The van der Waals surface area contributed by atoms with Gasteiger partial charge >= 0.3 is 13.7 Å². The predicted molar refractivity (Wildman–Crippen MR) is 153 cm³/mol. The number of nitrogens with zero attached hydrogens (tertiary/aromatic N) is 4. The Morgan fingerprint density at radius 2 is 2.00 bits per heavy atom. The number of aliphatic hydroxyl groups excluding tert-OH is 1. The van der Waals surface area contributed by atoms with Crippen molar-refractivity contribution in [1.29, 1.82) is 0 Å². The van der Waals surface area contributed by atoms with Gasteiger partial charge in [-0.2, -0.15) is 15.1 Å². The summed E-state index contributed by atoms with van der Waals surface area (Å²) in [5.74, 6) is -0.452. The molecule has 6 atom stereocenters. The van der Waals surface area contributed by atoms with Gasteiger partial charge in [0, 0.05) is 5.02 Å². The highest BCUT2D eigenvalue weighted by Crippen LogP contribution is 2.47. The first-order valence-electron chi connectivity index (χ1n) is 13.7. The average molecular weight is 641 g/mol. The fourth-order valence-corrected chi connectivity index (χ4v) is 6.68. The Balaban J connectivity index is 1.34. The molecule has 5 rings (SSSR count). The van der Waals surface area contributed by atoms with E-state index >= 15 is 0 Å². The minimum Gasteiger partial charge on any atom is -0.479 e. The van der Waals surface area contributed by atoms with E-state index in [2.05, 4.69) is 20.0 Å². The van der Waals surface area contributed by atoms with Gasteiger partial charge in [-0.1, -0.05) is 11.6 Å². The number of rotatable bonds is 11. The molecule has 1 saturated carbocycles. The van der Waals surface area contributed by atoms with Crippen molar-refractivity contribution in [2.45, 2.75) is 75.7 Å². The van der Waals surface area contributed by atoms with E-state index in [1.54, 1.807) is 0 Å². The minimum absolute atomic E-state index is 0.101. The molecule has 0 bridgehead atoms. The van der Waals surface area contributed by atoms with Crippen molar-refractivity contribution in [3.63, 3.8) is 0 Å². The van der Waals surface area contributed by atoms with E-state index in [4.69, 9.17) is 40.6 Å². The fourth-order valence-electron chi connectivity index (χ4n) is 5.06. The number of nitrogen functional groups attached to an aromatic ring is 1. The van der Waals surface area contributed by atoms with Gasteiger partial charge in [0.2, 0.25) is 11.8 Å². The van der Waals surface area contributed by atoms with Gasteiger partial charge in [-0.15, -0.1) is 0 Å². The Morgan fingerprint density at radius 1 is 1.30 bits per heavy atom. The van der Waals surface area contributed by atoms with Crippen LogP contribution in [-0.2, 0) is 23.4 Å². The number of nitrogens with one attached hydrogen (secondary N) is 1. The van der Waals surface area contributed by atoms with Crippen LogP contribution in [0, 0.1) is 0 Å². The topological polar surface area (TPSA) is 202 Å². The lowest BCUT2D eigenvalue weighted by Crippen LogP contribution is -2.44. The first-order chi connectivity index (χ1) is 20.4. The van der Waals surface area contributed by atoms with Crippen molar-refractivity contribution < 1.29 is 42.8 Å². The molecule has 1 aromatic carbocycles. The number of esters is 1. The van der Waals surface area contributed by atoms with Gasteiger partial charge in [-0.25, -0.2) is 9.55 Å². The lowest BCUT2D eigenvalue weighted by Gasteiger charge is -2.27. The van der Waals surface area contributed by atoms with Crippen LogP contribution in [0.4, 0.5) is 5.95 Å². The van der Waals surface area contributed by atoms with E-state index in [1.807, 2.05) is 0 Å². The zero-order chi connectivity index (χ0) is 30.9. The molecule has 3 aromatic rings. The molecule has 2 aromatic heterocycles. The van der Waals surface area contributed by atoms with E-state index < -0.39 is 50.4 Å². The van der Waals surface area contributed by atoms with Crippen molar-refractivity contribution in [3.05, 3.63) is 35.6 Å². The van der Waals surface area contributed by atoms with E-state index in [-0.39, 0.29) is 34.8 Å². The summed E-state index contributed by atoms with van der Waals surface area (Å²) in [7, 11) is -2.91. The molecule has 2 fully saturated rings. The van der Waals surface area contributed by atoms with Crippen LogP contribution in [0.1, 0.15) is 45.8 Å². The molecule has 1 aliphatic carbocycles. The molecule has 0 radical (unpaired) electrons. The molecule has 0 spiro atoms. The summed E-state index contributed by atoms with van der Waals surface area (Å²) in [6.45, 7) is 2.33. The number of aliphatic hydroxyl groups is 2. The number of hydrogen-bond donors (Lipinski definition) is 4. The largest absolute Gasteiger partial charge is 0.479 e. The number of benzene rings is 1. The van der Waals surface area contributed by atoms with Crippen LogP contribution >= 0.6 is 19.3 Å². The van der Waals surface area contributed by atoms with Crippen LogP contribution in [0.2, 0.25) is 5.02 Å². The third kappa shape index (κ3) is 6.73. The minimum atomic E-state index is -4.31. The normalized spacial score (nSPS) is 26.3. The maximum atomic E-state index is 14.0. The quantitative estimate of drug-likeness (QED) is 0.176. The first-order valence-corrected chi connectivity index (χ1v) is 15.6. The van der Waals surface area contributed by atoms with Crippen LogP contribution < -0.4 is 20.1 Å². The smallest absolute Gasteiger partial charge is 0.459 e. The van der Waals surface area contributed by atoms with Crippen LogP contribution in [0.25, 0.3) is 11.2 Å². The Kier molecular flexibility index (Phi) is 9.14. The lowest BCUT2D eigenvalue weighted by atomic mass is 9.96. The third-order valence-corrected chi connectivity index (χ3v) is 9.24. The fraction of sp³-hybridized carbons (Fsp3) is 0.538. The first kappa shape index (κ1) is 31.4. The molecule has 1 saturated heterocycles. The van der Waals surface area contributed by atoms with Crippen molar-refractivity contribution in [2.75, 3.05) is 19.5 Å². The molecule has 2 aliphatic rings. The highest BCUT2D eigenvalue weighted by molar-refractivity contribution is 7.52. The number of fused-ring (bicyclic) bond motifs is 1. The Hall–Kier alpha value is -3.04. The molecule has 43 heavy (non-hydrogen) atoms. The number of ether oxygens (including phenoxy) is 3. The number of carbonyl (C=O) groups is 1. The zero-order valence-corrected chi connectivity index (χ0v) is 25.4. The molecule has 5 N–H and O–H groups in total. The van der Waals surface area contributed by atoms with Crippen LogP contribution in [0.5, 0.6) is 11.6 Å². The second-order valence-corrected chi connectivity index (χ2v) is 12.8. The number of anilines is 1. The standard InChI is InChI=1S/C26H34ClN6O9P/c1-14(23(35)40-16-6-4-5-7-16)32-43(37,42-17-10-8-15(27)9-11-17)39-12-18-20(34)26(2,36)24(41-18)33-13-29-19-21(33)30-25(28)31-22(19)38-3/h8-11,13-14,16,18,20,24,34,36H,4-7,12H2,1-3H3,(H,32,37)(H2,28,30,31)/t14?,18?,20-,24?,26-,43?/m1/s1. The number of aromatic nitrogens is 4. The molecule has 3 heterocycles. The van der Waals surface area contributed by atoms with E-state index in [0.717, 1.165) is 25.7 Å². The molecular weight excluding hydrogens is 607 g/mol. The second-order valence-electron chi connectivity index (χ2n) is 10.6. The van der Waals surface area contributed by atoms with Crippen molar-refractivity contribution in [2.24, 2.45) is 0 Å². The average Bonchev–Trinajstić information content (AvgIpc) is 3.68. The molecule has 1 aliphatic heterocycles. The van der Waals surface area contributed by atoms with Gasteiger partial charge < -0.3 is 34.7 Å². The van der Waals surface area contributed by atoms with Crippen molar-refractivity contribution in [3.8, 4) is 11.6 Å². The van der Waals surface area contributed by atoms with Gasteiger partial charge in [0.25, 0.3) is 0 Å². The molecule has 0 amide bonds. The highest BCUT2D eigenvalue weighted by atomic mass is 35.5. The molecule has 4 unspecified atom stereocenters. The molecule has 234 valence electrons. The van der Waals surface area contributed by atoms with Gasteiger partial charge in [-0.3, -0.25) is 13.9 Å².